The minimum Gasteiger partial charge on any atom is -0.494 e. The van der Waals surface area contributed by atoms with Gasteiger partial charge in [0.1, 0.15) is 5.76 Å². The molecule has 1 unspecified atom stereocenters. The number of rotatable bonds is 18. The summed E-state index contributed by atoms with van der Waals surface area (Å²) < 4.78 is 5.85. The van der Waals surface area contributed by atoms with Crippen LogP contribution in [0.15, 0.2) is 24.0 Å². The Balaban J connectivity index is 0.00000379. The zero-order valence-electron chi connectivity index (χ0n) is 20.2. The minimum atomic E-state index is 0.192. The zero-order valence-corrected chi connectivity index (χ0v) is 20.2. The first kappa shape index (κ1) is 28.2. The minimum absolute atomic E-state index is 0.192. The molecule has 2 N–H and O–H groups in total. The Bertz CT molecular complexity index is 375. The fourth-order valence-corrected chi connectivity index (χ4v) is 3.75. The predicted octanol–water partition coefficient (Wildman–Crippen LogP) is 8.85. The summed E-state index contributed by atoms with van der Waals surface area (Å²) >= 11 is 0. The number of hydrogen-bond acceptors (Lipinski definition) is 2. The molecule has 0 bridgehead atoms. The smallest absolute Gasteiger partial charge is 0.115 e. The third-order valence-corrected chi connectivity index (χ3v) is 5.62. The first-order valence-electron chi connectivity index (χ1n) is 13.1. The maximum Gasteiger partial charge on any atom is 0.115 e. The Kier molecular flexibility index (Phi) is 22.9. The van der Waals surface area contributed by atoms with Gasteiger partial charge in [-0.2, -0.15) is 0 Å². The van der Waals surface area contributed by atoms with E-state index in [4.69, 9.17) is 10.5 Å². The summed E-state index contributed by atoms with van der Waals surface area (Å²) in [5.41, 5.74) is 5.92. The van der Waals surface area contributed by atoms with Gasteiger partial charge in [-0.3, -0.25) is 0 Å². The lowest BCUT2D eigenvalue weighted by molar-refractivity contribution is 0.216. The van der Waals surface area contributed by atoms with Gasteiger partial charge in [0.2, 0.25) is 0 Å². The van der Waals surface area contributed by atoms with E-state index in [0.29, 0.717) is 0 Å². The van der Waals surface area contributed by atoms with E-state index in [1.807, 2.05) is 19.9 Å². The summed E-state index contributed by atoms with van der Waals surface area (Å²) in [6.07, 6.45) is 30.9. The number of allylic oxidation sites excluding steroid dienone is 2. The quantitative estimate of drug-likeness (QED) is 0.230. The van der Waals surface area contributed by atoms with E-state index < -0.39 is 0 Å². The van der Waals surface area contributed by atoms with Gasteiger partial charge in [-0.25, -0.2) is 0 Å². The molecule has 2 heteroatoms. The molecular weight excluding hydrogens is 354 g/mol. The van der Waals surface area contributed by atoms with Gasteiger partial charge >= 0.3 is 0 Å². The van der Waals surface area contributed by atoms with Crippen LogP contribution in [0.5, 0.6) is 0 Å². The van der Waals surface area contributed by atoms with Gasteiger partial charge in [0.25, 0.3) is 0 Å². The Labute approximate surface area is 183 Å². The van der Waals surface area contributed by atoms with E-state index in [1.54, 1.807) is 0 Å². The molecule has 0 spiro atoms. The van der Waals surface area contributed by atoms with Crippen LogP contribution in [-0.4, -0.2) is 12.6 Å². The van der Waals surface area contributed by atoms with Gasteiger partial charge < -0.3 is 10.5 Å². The maximum absolute atomic E-state index is 5.92. The average Bonchev–Trinajstić information content (AvgIpc) is 2.96. The topological polar surface area (TPSA) is 35.2 Å². The molecule has 0 heterocycles. The van der Waals surface area contributed by atoms with E-state index >= 15 is 0 Å². The van der Waals surface area contributed by atoms with E-state index in [9.17, 15) is 0 Å². The van der Waals surface area contributed by atoms with Crippen molar-refractivity contribution < 1.29 is 4.74 Å². The summed E-state index contributed by atoms with van der Waals surface area (Å²) in [5.74, 6) is 1.02. The molecule has 172 valence electrons. The highest BCUT2D eigenvalue weighted by Crippen LogP contribution is 2.15. The van der Waals surface area contributed by atoms with Crippen LogP contribution < -0.4 is 5.73 Å². The predicted molar refractivity (Wildman–Crippen MR) is 131 cm³/mol. The monoisotopic (exact) mass is 407 g/mol. The number of ether oxygens (including phenoxy) is 1. The van der Waals surface area contributed by atoms with Crippen LogP contribution in [0.1, 0.15) is 136 Å². The van der Waals surface area contributed by atoms with E-state index in [2.05, 4.69) is 19.1 Å². The Morgan fingerprint density at radius 2 is 1.21 bits per heavy atom. The highest BCUT2D eigenvalue weighted by molar-refractivity contribution is 5.16. The molecule has 0 fully saturated rings. The molecule has 1 rings (SSSR count). The largest absolute Gasteiger partial charge is 0.494 e. The molecule has 0 saturated heterocycles. The molecule has 1 aliphatic rings. The number of nitrogens with two attached hydrogens (primary N) is 1. The van der Waals surface area contributed by atoms with Gasteiger partial charge in [0.05, 0.1) is 6.61 Å². The average molecular weight is 408 g/mol. The van der Waals surface area contributed by atoms with Gasteiger partial charge in [0, 0.05) is 6.04 Å². The zero-order chi connectivity index (χ0) is 21.4. The van der Waals surface area contributed by atoms with Crippen molar-refractivity contribution in [1.29, 1.82) is 0 Å². The third kappa shape index (κ3) is 20.3. The molecule has 0 radical (unpaired) electrons. The normalized spacial score (nSPS) is 16.0. The molecule has 29 heavy (non-hydrogen) atoms. The van der Waals surface area contributed by atoms with Crippen LogP contribution in [-0.2, 0) is 4.74 Å². The second kappa shape index (κ2) is 23.5. The first-order chi connectivity index (χ1) is 14.3. The van der Waals surface area contributed by atoms with E-state index in [-0.39, 0.29) is 6.04 Å². The van der Waals surface area contributed by atoms with Crippen LogP contribution in [0.25, 0.3) is 0 Å². The van der Waals surface area contributed by atoms with E-state index in [1.165, 1.54) is 103 Å². The summed E-state index contributed by atoms with van der Waals surface area (Å²) in [6, 6.07) is 0.192. The molecule has 0 saturated carbocycles. The Morgan fingerprint density at radius 3 is 1.69 bits per heavy atom. The number of hydrogen-bond donors (Lipinski definition) is 1. The van der Waals surface area contributed by atoms with Gasteiger partial charge in [0.15, 0.2) is 0 Å². The highest BCUT2D eigenvalue weighted by Gasteiger charge is 2.03. The summed E-state index contributed by atoms with van der Waals surface area (Å²) in [5, 5.41) is 0. The molecule has 0 amide bonds. The van der Waals surface area contributed by atoms with Crippen molar-refractivity contribution in [2.45, 2.75) is 142 Å². The standard InChI is InChI=1S/C25H47NO.C2H6/c1-2-3-4-5-6-7-8-9-10-11-12-13-14-15-16-17-23-27-25-20-18-19-24(26)21-22-25;1-2/h20-22,24H,2-19,23,26H2,1H3;1-2H3. The second-order valence-electron chi connectivity index (χ2n) is 8.36. The van der Waals surface area contributed by atoms with Crippen molar-refractivity contribution in [1.82, 2.24) is 0 Å². The van der Waals surface area contributed by atoms with E-state index in [0.717, 1.165) is 25.2 Å². The van der Waals surface area contributed by atoms with Crippen molar-refractivity contribution in [3.05, 3.63) is 24.0 Å². The molecule has 0 aromatic carbocycles. The fraction of sp³-hybridized carbons (Fsp3) is 0.852. The first-order valence-corrected chi connectivity index (χ1v) is 13.1. The van der Waals surface area contributed by atoms with Crippen molar-refractivity contribution in [2.75, 3.05) is 6.61 Å². The van der Waals surface area contributed by atoms with Gasteiger partial charge in [-0.15, -0.1) is 0 Å². The third-order valence-electron chi connectivity index (χ3n) is 5.62. The molecule has 1 atom stereocenters. The van der Waals surface area contributed by atoms with Crippen LogP contribution in [0.3, 0.4) is 0 Å². The summed E-state index contributed by atoms with van der Waals surface area (Å²) in [6.45, 7) is 7.14. The van der Waals surface area contributed by atoms with Crippen LogP contribution >= 0.6 is 0 Å². The Morgan fingerprint density at radius 1 is 0.759 bits per heavy atom. The van der Waals surface area contributed by atoms with Crippen molar-refractivity contribution in [3.63, 3.8) is 0 Å². The molecular formula is C27H53NO. The van der Waals surface area contributed by atoms with Crippen molar-refractivity contribution >= 4 is 0 Å². The Hall–Kier alpha value is -0.760. The van der Waals surface area contributed by atoms with Gasteiger partial charge in [-0.05, 0) is 31.4 Å². The summed E-state index contributed by atoms with van der Waals surface area (Å²) in [4.78, 5) is 0. The maximum atomic E-state index is 5.92. The number of unbranched alkanes of at least 4 members (excludes halogenated alkanes) is 15. The SMILES string of the molecule is CC.CCCCCCCCCCCCCCCCCCOC1=CCCC(N)C=C1. The molecule has 1 aliphatic carbocycles. The lowest BCUT2D eigenvalue weighted by Gasteiger charge is -2.06. The van der Waals surface area contributed by atoms with Crippen molar-refractivity contribution in [2.24, 2.45) is 5.73 Å². The molecule has 0 aliphatic heterocycles. The van der Waals surface area contributed by atoms with Crippen molar-refractivity contribution in [3.8, 4) is 0 Å². The van der Waals surface area contributed by atoms with Crippen LogP contribution in [0, 0.1) is 0 Å². The highest BCUT2D eigenvalue weighted by atomic mass is 16.5. The lowest BCUT2D eigenvalue weighted by Crippen LogP contribution is -2.15. The molecule has 2 nitrogen and oxygen atoms in total. The second-order valence-corrected chi connectivity index (χ2v) is 8.36. The fourth-order valence-electron chi connectivity index (χ4n) is 3.75. The van der Waals surface area contributed by atoms with Gasteiger partial charge in [-0.1, -0.05) is 123 Å². The molecule has 0 aromatic rings. The summed E-state index contributed by atoms with van der Waals surface area (Å²) in [7, 11) is 0. The van der Waals surface area contributed by atoms with Crippen LogP contribution in [0.4, 0.5) is 0 Å². The van der Waals surface area contributed by atoms with Crippen LogP contribution in [0.2, 0.25) is 0 Å². The molecule has 0 aromatic heterocycles. The lowest BCUT2D eigenvalue weighted by atomic mass is 10.0.